The zero-order chi connectivity index (χ0) is 18.8. The van der Waals surface area contributed by atoms with Gasteiger partial charge in [-0.05, 0) is 25.3 Å². The summed E-state index contributed by atoms with van der Waals surface area (Å²) < 4.78 is 2.08. The average Bonchev–Trinajstić information content (AvgIpc) is 3.16. The van der Waals surface area contributed by atoms with E-state index in [2.05, 4.69) is 24.7 Å². The molecule has 1 fully saturated rings. The van der Waals surface area contributed by atoms with Gasteiger partial charge in [0, 0.05) is 32.3 Å². The van der Waals surface area contributed by atoms with Crippen LogP contribution in [0.5, 0.6) is 0 Å². The molecule has 4 heterocycles. The highest BCUT2D eigenvalue weighted by atomic mass is 16.2. The van der Waals surface area contributed by atoms with Crippen LogP contribution in [0.25, 0.3) is 0 Å². The van der Waals surface area contributed by atoms with Crippen LogP contribution >= 0.6 is 0 Å². The lowest BCUT2D eigenvalue weighted by molar-refractivity contribution is -0.135. The van der Waals surface area contributed by atoms with Crippen LogP contribution in [0.4, 0.5) is 0 Å². The third-order valence-electron chi connectivity index (χ3n) is 5.29. The van der Waals surface area contributed by atoms with E-state index < -0.39 is 0 Å². The first-order valence-corrected chi connectivity index (χ1v) is 9.45. The smallest absolute Gasteiger partial charge is 0.273 e. The van der Waals surface area contributed by atoms with Gasteiger partial charge in [-0.15, -0.1) is 10.2 Å². The fourth-order valence-corrected chi connectivity index (χ4v) is 3.88. The zero-order valence-corrected chi connectivity index (χ0v) is 15.4. The number of hydrogen-bond donors (Lipinski definition) is 0. The second-order valence-electron chi connectivity index (χ2n) is 6.90. The molecule has 1 unspecified atom stereocenters. The van der Waals surface area contributed by atoms with E-state index in [1.807, 2.05) is 11.8 Å². The Hall–Kier alpha value is -2.84. The summed E-state index contributed by atoms with van der Waals surface area (Å²) in [5, 5.41) is 8.74. The van der Waals surface area contributed by atoms with Gasteiger partial charge in [-0.1, -0.05) is 6.92 Å². The summed E-state index contributed by atoms with van der Waals surface area (Å²) in [6.45, 7) is 4.25. The molecule has 0 aromatic carbocycles. The third kappa shape index (κ3) is 3.29. The van der Waals surface area contributed by atoms with Crippen LogP contribution < -0.4 is 0 Å². The molecule has 27 heavy (non-hydrogen) atoms. The molecule has 142 valence electrons. The van der Waals surface area contributed by atoms with Crippen molar-refractivity contribution in [1.82, 2.24) is 34.5 Å². The second-order valence-corrected chi connectivity index (χ2v) is 6.90. The minimum absolute atomic E-state index is 0.0171. The van der Waals surface area contributed by atoms with E-state index in [1.54, 1.807) is 17.2 Å². The molecule has 2 aromatic heterocycles. The maximum Gasteiger partial charge on any atom is 0.273 e. The highest BCUT2D eigenvalue weighted by Gasteiger charge is 2.34. The number of carbonyl (C=O) groups is 2. The summed E-state index contributed by atoms with van der Waals surface area (Å²) >= 11 is 0. The molecule has 4 rings (SSSR count). The van der Waals surface area contributed by atoms with Crippen molar-refractivity contribution < 1.29 is 9.59 Å². The van der Waals surface area contributed by atoms with Gasteiger partial charge in [0.1, 0.15) is 12.0 Å². The van der Waals surface area contributed by atoms with Gasteiger partial charge in [0.25, 0.3) is 5.91 Å². The predicted octanol–water partition coefficient (Wildman–Crippen LogP) is 1.19. The summed E-state index contributed by atoms with van der Waals surface area (Å²) in [5.41, 5.74) is 0.380. The number of aromatic nitrogens is 5. The molecule has 2 aliphatic heterocycles. The molecular weight excluding hydrogens is 346 g/mol. The van der Waals surface area contributed by atoms with Gasteiger partial charge in [0.15, 0.2) is 11.6 Å². The number of hydrogen-bond acceptors (Lipinski definition) is 6. The fourth-order valence-electron chi connectivity index (χ4n) is 3.88. The van der Waals surface area contributed by atoms with Crippen LogP contribution in [-0.4, -0.2) is 59.4 Å². The van der Waals surface area contributed by atoms with E-state index in [9.17, 15) is 9.59 Å². The van der Waals surface area contributed by atoms with Crippen molar-refractivity contribution in [3.63, 3.8) is 0 Å². The molecule has 9 heteroatoms. The van der Waals surface area contributed by atoms with Crippen LogP contribution in [0.3, 0.4) is 0 Å². The molecule has 9 nitrogen and oxygen atoms in total. The number of fused-ring (bicyclic) bond motifs is 1. The third-order valence-corrected chi connectivity index (χ3v) is 5.29. The molecule has 2 amide bonds. The van der Waals surface area contributed by atoms with Gasteiger partial charge in [-0.3, -0.25) is 9.59 Å². The van der Waals surface area contributed by atoms with E-state index in [-0.39, 0.29) is 17.9 Å². The van der Waals surface area contributed by atoms with E-state index >= 15 is 0 Å². The summed E-state index contributed by atoms with van der Waals surface area (Å²) in [6.07, 6.45) is 6.46. The summed E-state index contributed by atoms with van der Waals surface area (Å²) in [6, 6.07) is 1.60. The minimum Gasteiger partial charge on any atom is -0.332 e. The Morgan fingerprint density at radius 3 is 2.85 bits per heavy atom. The van der Waals surface area contributed by atoms with Gasteiger partial charge in [-0.2, -0.15) is 0 Å². The number of piperidine rings is 1. The lowest BCUT2D eigenvalue weighted by Crippen LogP contribution is -2.42. The van der Waals surface area contributed by atoms with Gasteiger partial charge in [0.2, 0.25) is 5.91 Å². The first-order valence-electron chi connectivity index (χ1n) is 9.45. The van der Waals surface area contributed by atoms with Crippen LogP contribution in [-0.2, 0) is 17.9 Å². The lowest BCUT2D eigenvalue weighted by Gasteiger charge is -2.36. The Bertz CT molecular complexity index is 835. The number of carbonyl (C=O) groups excluding carboxylic acids is 2. The normalized spacial score (nSPS) is 19.7. The van der Waals surface area contributed by atoms with Crippen molar-refractivity contribution in [2.75, 3.05) is 13.1 Å². The Balaban J connectivity index is 1.55. The Kier molecular flexibility index (Phi) is 4.83. The fraction of sp³-hybridized carbons (Fsp3) is 0.556. The molecule has 2 aliphatic rings. The second kappa shape index (κ2) is 7.42. The molecule has 0 N–H and O–H groups in total. The molecule has 0 spiro atoms. The summed E-state index contributed by atoms with van der Waals surface area (Å²) in [7, 11) is 0. The number of nitrogens with zero attached hydrogens (tertiary/aromatic N) is 7. The molecule has 1 atom stereocenters. The minimum atomic E-state index is -0.131. The van der Waals surface area contributed by atoms with Crippen molar-refractivity contribution in [3.05, 3.63) is 35.9 Å². The van der Waals surface area contributed by atoms with Gasteiger partial charge < -0.3 is 14.4 Å². The highest BCUT2D eigenvalue weighted by Crippen LogP contribution is 2.31. The van der Waals surface area contributed by atoms with E-state index in [0.29, 0.717) is 31.7 Å². The van der Waals surface area contributed by atoms with Crippen LogP contribution in [0, 0.1) is 0 Å². The van der Waals surface area contributed by atoms with Crippen molar-refractivity contribution >= 4 is 11.8 Å². The monoisotopic (exact) mass is 369 g/mol. The molecule has 0 radical (unpaired) electrons. The molecule has 2 aromatic rings. The summed E-state index contributed by atoms with van der Waals surface area (Å²) in [4.78, 5) is 36.5. The molecule has 0 saturated carbocycles. The number of rotatable bonds is 3. The van der Waals surface area contributed by atoms with Crippen molar-refractivity contribution in [3.8, 4) is 0 Å². The van der Waals surface area contributed by atoms with Gasteiger partial charge in [-0.25, -0.2) is 9.97 Å². The van der Waals surface area contributed by atoms with Gasteiger partial charge in [0.05, 0.1) is 12.6 Å². The van der Waals surface area contributed by atoms with Crippen LogP contribution in [0.15, 0.2) is 18.6 Å². The van der Waals surface area contributed by atoms with E-state index in [1.165, 1.54) is 6.33 Å². The first kappa shape index (κ1) is 17.6. The van der Waals surface area contributed by atoms with Crippen molar-refractivity contribution in [2.24, 2.45) is 0 Å². The highest BCUT2D eigenvalue weighted by molar-refractivity contribution is 5.92. The molecular formula is C18H23N7O2. The molecule has 1 saturated heterocycles. The number of amides is 2. The standard InChI is InChI=1S/C18H23N7O2/c1-2-16(26)24-8-4-3-5-14(24)17-22-21-15-11-23(9-10-25(15)17)18(27)13-6-7-19-12-20-13/h6-7,12,14H,2-5,8-11H2,1H3. The maximum atomic E-state index is 12.6. The Labute approximate surface area is 157 Å². The largest absolute Gasteiger partial charge is 0.332 e. The maximum absolute atomic E-state index is 12.6. The van der Waals surface area contributed by atoms with Crippen LogP contribution in [0.2, 0.25) is 0 Å². The van der Waals surface area contributed by atoms with Crippen molar-refractivity contribution in [1.29, 1.82) is 0 Å². The molecule has 0 bridgehead atoms. The molecule has 0 aliphatic carbocycles. The van der Waals surface area contributed by atoms with Gasteiger partial charge >= 0.3 is 0 Å². The Morgan fingerprint density at radius 2 is 2.07 bits per heavy atom. The topological polar surface area (TPSA) is 97.1 Å². The quantitative estimate of drug-likeness (QED) is 0.806. The van der Waals surface area contributed by atoms with Crippen LogP contribution in [0.1, 0.15) is 60.8 Å². The SMILES string of the molecule is CCC(=O)N1CCCCC1c1nnc2n1CCN(C(=O)c1ccncn1)C2. The summed E-state index contributed by atoms with van der Waals surface area (Å²) in [5.74, 6) is 1.64. The van der Waals surface area contributed by atoms with E-state index in [4.69, 9.17) is 0 Å². The zero-order valence-electron chi connectivity index (χ0n) is 15.4. The Morgan fingerprint density at radius 1 is 1.19 bits per heavy atom. The number of likely N-dealkylation sites (tertiary alicyclic amines) is 1. The lowest BCUT2D eigenvalue weighted by atomic mass is 10.0. The van der Waals surface area contributed by atoms with E-state index in [0.717, 1.165) is 37.5 Å². The average molecular weight is 369 g/mol. The first-order chi connectivity index (χ1) is 13.2. The van der Waals surface area contributed by atoms with Crippen molar-refractivity contribution in [2.45, 2.75) is 51.7 Å². The predicted molar refractivity (Wildman–Crippen MR) is 95.4 cm³/mol.